The lowest BCUT2D eigenvalue weighted by atomic mass is 10.1. The summed E-state index contributed by atoms with van der Waals surface area (Å²) in [6.45, 7) is 0.181. The molecule has 30 heavy (non-hydrogen) atoms. The second-order valence-corrected chi connectivity index (χ2v) is 8.52. The van der Waals surface area contributed by atoms with Crippen LogP contribution in [0.3, 0.4) is 0 Å². The van der Waals surface area contributed by atoms with E-state index in [-0.39, 0.29) is 29.8 Å². The molecule has 0 saturated carbocycles. The number of furan rings is 1. The normalized spacial score (nSPS) is 11.0. The summed E-state index contributed by atoms with van der Waals surface area (Å²) in [5.41, 5.74) is 1.38. The summed E-state index contributed by atoms with van der Waals surface area (Å²) in [6, 6.07) is 16.2. The maximum atomic E-state index is 12.5. The Bertz CT molecular complexity index is 1120. The van der Waals surface area contributed by atoms with E-state index in [4.69, 9.17) is 4.42 Å². The van der Waals surface area contributed by atoms with Gasteiger partial charge in [0.2, 0.25) is 5.91 Å². The van der Waals surface area contributed by atoms with Crippen LogP contribution in [-0.4, -0.2) is 33.0 Å². The van der Waals surface area contributed by atoms with Gasteiger partial charge in [0.25, 0.3) is 5.91 Å². The molecule has 8 nitrogen and oxygen atoms in total. The minimum atomic E-state index is -3.30. The maximum absolute atomic E-state index is 12.5. The number of amides is 2. The summed E-state index contributed by atoms with van der Waals surface area (Å²) < 4.78 is 28.2. The highest BCUT2D eigenvalue weighted by Gasteiger charge is 2.13. The summed E-state index contributed by atoms with van der Waals surface area (Å²) in [5, 5.41) is 8.39. The topological polar surface area (TPSA) is 118 Å². The molecule has 0 aliphatic heterocycles. The van der Waals surface area contributed by atoms with Gasteiger partial charge in [-0.15, -0.1) is 0 Å². The largest absolute Gasteiger partial charge is 0.467 e. The Hall–Kier alpha value is -3.59. The average Bonchev–Trinajstić information content (AvgIpc) is 3.24. The molecule has 0 spiro atoms. The summed E-state index contributed by atoms with van der Waals surface area (Å²) in [5.74, 6) is -0.00534. The highest BCUT2D eigenvalue weighted by Crippen LogP contribution is 2.16. The molecule has 1 aromatic heterocycles. The van der Waals surface area contributed by atoms with Gasteiger partial charge in [-0.25, -0.2) is 8.42 Å². The molecule has 0 aliphatic carbocycles. The molecule has 2 amide bonds. The minimum absolute atomic E-state index is 0.0731. The van der Waals surface area contributed by atoms with E-state index in [0.29, 0.717) is 22.7 Å². The van der Waals surface area contributed by atoms with Crippen LogP contribution in [0, 0.1) is 0 Å². The van der Waals surface area contributed by atoms with Crippen LogP contribution >= 0.6 is 0 Å². The SMILES string of the molecule is CS(=O)(=O)c1ccc(NC(=O)CNc2ccccc2C(=O)NCc2ccco2)cc1. The van der Waals surface area contributed by atoms with Gasteiger partial charge in [-0.05, 0) is 48.5 Å². The van der Waals surface area contributed by atoms with Crippen molar-refractivity contribution in [2.75, 3.05) is 23.4 Å². The van der Waals surface area contributed by atoms with Crippen molar-refractivity contribution in [2.24, 2.45) is 0 Å². The van der Waals surface area contributed by atoms with E-state index in [1.165, 1.54) is 30.5 Å². The van der Waals surface area contributed by atoms with Crippen LogP contribution in [0.4, 0.5) is 11.4 Å². The molecule has 0 aliphatic rings. The number of anilines is 2. The predicted octanol–water partition coefficient (Wildman–Crippen LogP) is 2.66. The molecule has 3 N–H and O–H groups in total. The van der Waals surface area contributed by atoms with E-state index in [1.54, 1.807) is 36.4 Å². The first-order chi connectivity index (χ1) is 14.3. The Balaban J connectivity index is 1.57. The fourth-order valence-electron chi connectivity index (χ4n) is 2.68. The highest BCUT2D eigenvalue weighted by molar-refractivity contribution is 7.90. The van der Waals surface area contributed by atoms with Gasteiger partial charge in [-0.2, -0.15) is 0 Å². The Morgan fingerprint density at radius 1 is 0.967 bits per heavy atom. The first-order valence-corrected chi connectivity index (χ1v) is 11.0. The van der Waals surface area contributed by atoms with Crippen molar-refractivity contribution in [3.63, 3.8) is 0 Å². The molecule has 0 unspecified atom stereocenters. The number of hydrogen-bond donors (Lipinski definition) is 3. The first-order valence-electron chi connectivity index (χ1n) is 9.06. The minimum Gasteiger partial charge on any atom is -0.467 e. The molecule has 0 atom stereocenters. The summed E-state index contributed by atoms with van der Waals surface area (Å²) in [7, 11) is -3.30. The van der Waals surface area contributed by atoms with Crippen LogP contribution in [0.25, 0.3) is 0 Å². The third-order valence-electron chi connectivity index (χ3n) is 4.18. The Labute approximate surface area is 174 Å². The van der Waals surface area contributed by atoms with E-state index in [1.807, 2.05) is 0 Å². The van der Waals surface area contributed by atoms with Crippen molar-refractivity contribution in [2.45, 2.75) is 11.4 Å². The van der Waals surface area contributed by atoms with Crippen molar-refractivity contribution in [3.8, 4) is 0 Å². The molecule has 3 aromatic rings. The second-order valence-electron chi connectivity index (χ2n) is 6.51. The quantitative estimate of drug-likeness (QED) is 0.509. The van der Waals surface area contributed by atoms with Crippen LogP contribution in [0.15, 0.2) is 76.2 Å². The molecule has 3 rings (SSSR count). The van der Waals surface area contributed by atoms with Crippen LogP contribution in [0.1, 0.15) is 16.1 Å². The third-order valence-corrected chi connectivity index (χ3v) is 5.31. The predicted molar refractivity (Wildman–Crippen MR) is 113 cm³/mol. The fourth-order valence-corrected chi connectivity index (χ4v) is 3.31. The summed E-state index contributed by atoms with van der Waals surface area (Å²) in [6.07, 6.45) is 2.65. The van der Waals surface area contributed by atoms with Crippen molar-refractivity contribution >= 4 is 33.0 Å². The van der Waals surface area contributed by atoms with E-state index in [0.717, 1.165) is 6.26 Å². The molecule has 9 heteroatoms. The van der Waals surface area contributed by atoms with E-state index in [9.17, 15) is 18.0 Å². The first kappa shape index (κ1) is 21.1. The standard InChI is InChI=1S/C21H21N3O5S/c1-30(27,28)17-10-8-15(9-11-17)24-20(25)14-22-19-7-3-2-6-18(19)21(26)23-13-16-5-4-12-29-16/h2-12,22H,13-14H2,1H3,(H,23,26)(H,24,25). The van der Waals surface area contributed by atoms with Gasteiger partial charge < -0.3 is 20.4 Å². The molecular weight excluding hydrogens is 406 g/mol. The summed E-state index contributed by atoms with van der Waals surface area (Å²) >= 11 is 0. The number of benzene rings is 2. The lowest BCUT2D eigenvalue weighted by molar-refractivity contribution is -0.114. The van der Waals surface area contributed by atoms with Crippen molar-refractivity contribution in [1.29, 1.82) is 0 Å². The Morgan fingerprint density at radius 2 is 1.70 bits per heavy atom. The fraction of sp³-hybridized carbons (Fsp3) is 0.143. The van der Waals surface area contributed by atoms with Crippen molar-refractivity contribution in [1.82, 2.24) is 5.32 Å². The van der Waals surface area contributed by atoms with Gasteiger partial charge in [-0.1, -0.05) is 12.1 Å². The van der Waals surface area contributed by atoms with Gasteiger partial charge in [0.05, 0.1) is 29.8 Å². The van der Waals surface area contributed by atoms with Crippen molar-refractivity contribution < 1.29 is 22.4 Å². The number of carbonyl (C=O) groups is 2. The third kappa shape index (κ3) is 5.71. The highest BCUT2D eigenvalue weighted by atomic mass is 32.2. The Kier molecular flexibility index (Phi) is 6.53. The zero-order valence-corrected chi connectivity index (χ0v) is 17.0. The molecule has 1 heterocycles. The number of rotatable bonds is 8. The molecule has 0 saturated heterocycles. The maximum Gasteiger partial charge on any atom is 0.253 e. The van der Waals surface area contributed by atoms with Crippen LogP contribution in [0.2, 0.25) is 0 Å². The monoisotopic (exact) mass is 427 g/mol. The van der Waals surface area contributed by atoms with Gasteiger partial charge >= 0.3 is 0 Å². The average molecular weight is 427 g/mol. The van der Waals surface area contributed by atoms with Gasteiger partial charge in [0.1, 0.15) is 5.76 Å². The molecule has 156 valence electrons. The smallest absolute Gasteiger partial charge is 0.253 e. The van der Waals surface area contributed by atoms with Crippen LogP contribution < -0.4 is 16.0 Å². The van der Waals surface area contributed by atoms with Crippen molar-refractivity contribution in [3.05, 3.63) is 78.3 Å². The van der Waals surface area contributed by atoms with E-state index >= 15 is 0 Å². The van der Waals surface area contributed by atoms with Crippen LogP contribution in [-0.2, 0) is 21.2 Å². The van der Waals surface area contributed by atoms with Crippen LogP contribution in [0.5, 0.6) is 0 Å². The summed E-state index contributed by atoms with van der Waals surface area (Å²) in [4.78, 5) is 24.9. The number of hydrogen-bond acceptors (Lipinski definition) is 6. The second kappa shape index (κ2) is 9.27. The number of para-hydroxylation sites is 1. The van der Waals surface area contributed by atoms with Gasteiger partial charge in [-0.3, -0.25) is 9.59 Å². The van der Waals surface area contributed by atoms with E-state index < -0.39 is 9.84 Å². The number of nitrogens with one attached hydrogen (secondary N) is 3. The number of sulfone groups is 1. The molecule has 0 radical (unpaired) electrons. The van der Waals surface area contributed by atoms with Gasteiger partial charge in [0, 0.05) is 17.6 Å². The molecular formula is C21H21N3O5S. The molecule has 0 bridgehead atoms. The lowest BCUT2D eigenvalue weighted by Crippen LogP contribution is -2.26. The molecule has 2 aromatic carbocycles. The van der Waals surface area contributed by atoms with Gasteiger partial charge in [0.15, 0.2) is 9.84 Å². The number of carbonyl (C=O) groups excluding carboxylic acids is 2. The lowest BCUT2D eigenvalue weighted by Gasteiger charge is -2.12. The molecule has 0 fully saturated rings. The Morgan fingerprint density at radius 3 is 2.37 bits per heavy atom. The zero-order chi connectivity index (χ0) is 21.6. The zero-order valence-electron chi connectivity index (χ0n) is 16.2. The van der Waals surface area contributed by atoms with E-state index in [2.05, 4.69) is 16.0 Å².